The molecule has 1 spiro atoms. The van der Waals surface area contributed by atoms with Gasteiger partial charge in [-0.1, -0.05) is 51.5 Å². The Balaban J connectivity index is 0.883. The van der Waals surface area contributed by atoms with Crippen LogP contribution in [0.25, 0.3) is 0 Å². The maximum atomic E-state index is 14.6. The molecule has 92 heavy (non-hydrogen) atoms. The maximum absolute atomic E-state index is 14.6. The lowest BCUT2D eigenvalue weighted by molar-refractivity contribution is -0.394. The Hall–Kier alpha value is -2.18. The van der Waals surface area contributed by atoms with Gasteiger partial charge in [0.1, 0.15) is 121 Å². The monoisotopic (exact) mass is 1340 g/mol. The summed E-state index contributed by atoms with van der Waals surface area (Å²) in [5.41, 5.74) is -4.10. The minimum absolute atomic E-state index is 0.0968. The van der Waals surface area contributed by atoms with E-state index >= 15 is 0 Å². The molecular weight excluding hydrogens is 1250 g/mol. The first-order valence-electron chi connectivity index (χ1n) is 31.6. The third-order valence-corrected chi connectivity index (χ3v) is 22.7. The molecule has 15 N–H and O–H groups in total. The van der Waals surface area contributed by atoms with Gasteiger partial charge in [0.15, 0.2) is 31.5 Å². The van der Waals surface area contributed by atoms with Gasteiger partial charge in [-0.2, -0.15) is 8.42 Å². The average Bonchev–Trinajstić information content (AvgIpc) is 1.45. The van der Waals surface area contributed by atoms with Crippen LogP contribution in [0.15, 0.2) is 23.8 Å². The van der Waals surface area contributed by atoms with Gasteiger partial charge in [0.05, 0.1) is 50.3 Å². The van der Waals surface area contributed by atoms with Crippen molar-refractivity contribution in [3.05, 3.63) is 23.8 Å². The van der Waals surface area contributed by atoms with Crippen molar-refractivity contribution in [1.29, 1.82) is 0 Å². The SMILES string of the molecule is COC1C(O)C(CO)OC(OC2C(O)C(CO)OC(OC3C(C)OC(OC4C(OC5CCC6(C)C7=CC(O)C89C(=O)OC(C)(CC=CC(C)(C)O)C8CCC9(C)C7CCC6C5(C)C)OCC(OC5OC(COS(=O)(=O)O)C(O)C(O)C5O)C4O)C(O)C3O)C2O)C1O. The molecule has 10 rings (SSSR count). The number of ether oxygens (including phenoxy) is 12. The number of carbonyl (C=O) groups is 1. The number of aliphatic hydroxyl groups excluding tert-OH is 13. The smallest absolute Gasteiger partial charge is 0.397 e. The van der Waals surface area contributed by atoms with E-state index in [4.69, 9.17) is 56.8 Å². The van der Waals surface area contributed by atoms with Crippen molar-refractivity contribution in [2.45, 2.75) is 271 Å². The Labute approximate surface area is 532 Å². The zero-order chi connectivity index (χ0) is 67.5. The number of cyclic esters (lactones) is 1. The summed E-state index contributed by atoms with van der Waals surface area (Å²) in [5.74, 6) is -0.950. The van der Waals surface area contributed by atoms with E-state index in [9.17, 15) is 89.3 Å². The molecule has 6 saturated heterocycles. The number of allylic oxidation sites excluding steroid dienone is 1. The Morgan fingerprint density at radius 1 is 0.630 bits per heavy atom. The van der Waals surface area contributed by atoms with Gasteiger partial charge in [-0.3, -0.25) is 9.35 Å². The van der Waals surface area contributed by atoms with Crippen molar-refractivity contribution < 1.29 is 150 Å². The number of esters is 1. The third-order valence-electron chi connectivity index (χ3n) is 22.3. The highest BCUT2D eigenvalue weighted by atomic mass is 32.3. The van der Waals surface area contributed by atoms with Crippen LogP contribution in [0.1, 0.15) is 100 Å². The summed E-state index contributed by atoms with van der Waals surface area (Å²) in [6.07, 6.45) is -34.8. The molecule has 0 amide bonds. The fourth-order valence-corrected chi connectivity index (χ4v) is 17.8. The Kier molecular flexibility index (Phi) is 21.2. The molecule has 0 aromatic heterocycles. The summed E-state index contributed by atoms with van der Waals surface area (Å²) in [6.45, 7) is 11.7. The number of fused-ring (bicyclic) bond motifs is 4. The largest absolute Gasteiger partial charge is 0.458 e. The van der Waals surface area contributed by atoms with Crippen LogP contribution in [-0.2, 0) is 76.2 Å². The predicted octanol–water partition coefficient (Wildman–Crippen LogP) is -3.80. The molecule has 31 nitrogen and oxygen atoms in total. The normalized spacial score (nSPS) is 51.4. The van der Waals surface area contributed by atoms with Crippen LogP contribution in [0.4, 0.5) is 0 Å². The molecule has 3 saturated carbocycles. The van der Waals surface area contributed by atoms with E-state index in [0.717, 1.165) is 5.57 Å². The number of carbonyl (C=O) groups excluding carboxylic acids is 1. The summed E-state index contributed by atoms with van der Waals surface area (Å²) in [4.78, 5) is 14.6. The second kappa shape index (κ2) is 26.8. The molecule has 6 heterocycles. The first-order chi connectivity index (χ1) is 42.9. The van der Waals surface area contributed by atoms with Crippen LogP contribution in [0.2, 0.25) is 0 Å². The Morgan fingerprint density at radius 3 is 1.83 bits per heavy atom. The minimum Gasteiger partial charge on any atom is -0.458 e. The van der Waals surface area contributed by atoms with Gasteiger partial charge >= 0.3 is 16.4 Å². The highest BCUT2D eigenvalue weighted by Gasteiger charge is 2.79. The Bertz CT molecular complexity index is 2750. The van der Waals surface area contributed by atoms with Crippen LogP contribution in [-0.4, -0.2) is 295 Å². The number of hydrogen-bond donors (Lipinski definition) is 15. The molecule has 0 bridgehead atoms. The first kappa shape index (κ1) is 72.6. The van der Waals surface area contributed by atoms with E-state index in [1.807, 2.05) is 32.9 Å². The summed E-state index contributed by atoms with van der Waals surface area (Å²) in [5, 5.41) is 156. The third kappa shape index (κ3) is 12.8. The lowest BCUT2D eigenvalue weighted by Gasteiger charge is -2.64. The predicted molar refractivity (Wildman–Crippen MR) is 306 cm³/mol. The average molecular weight is 1350 g/mol. The zero-order valence-corrected chi connectivity index (χ0v) is 53.7. The second-order valence-corrected chi connectivity index (χ2v) is 29.8. The molecular formula is C60H96O31S. The van der Waals surface area contributed by atoms with Crippen molar-refractivity contribution >= 4 is 16.4 Å². The molecule has 4 aliphatic carbocycles. The molecule has 0 aromatic carbocycles. The highest BCUT2D eigenvalue weighted by Crippen LogP contribution is 2.76. The lowest BCUT2D eigenvalue weighted by atomic mass is 9.40. The summed E-state index contributed by atoms with van der Waals surface area (Å²) in [6, 6.07) is 0. The first-order valence-corrected chi connectivity index (χ1v) is 33.0. The second-order valence-electron chi connectivity index (χ2n) is 28.7. The van der Waals surface area contributed by atoms with Gasteiger partial charge in [0.25, 0.3) is 0 Å². The Morgan fingerprint density at radius 2 is 1.21 bits per heavy atom. The van der Waals surface area contributed by atoms with Crippen LogP contribution in [0.3, 0.4) is 0 Å². The van der Waals surface area contributed by atoms with Crippen LogP contribution >= 0.6 is 0 Å². The van der Waals surface area contributed by atoms with Gasteiger partial charge in [0, 0.05) is 19.4 Å². The highest BCUT2D eigenvalue weighted by molar-refractivity contribution is 7.80. The molecule has 0 radical (unpaired) electrons. The molecule has 33 atom stereocenters. The fraction of sp³-hybridized carbons (Fsp3) is 0.917. The molecule has 32 heteroatoms. The topological polar surface area (TPSA) is 475 Å². The van der Waals surface area contributed by atoms with Crippen molar-refractivity contribution in [3.8, 4) is 0 Å². The summed E-state index contributed by atoms with van der Waals surface area (Å²) >= 11 is 0. The van der Waals surface area contributed by atoms with Crippen molar-refractivity contribution in [2.24, 2.45) is 39.4 Å². The fourth-order valence-electron chi connectivity index (χ4n) is 17.5. The quantitative estimate of drug-likeness (QED) is 0.0255. The van der Waals surface area contributed by atoms with E-state index < -0.39 is 235 Å². The van der Waals surface area contributed by atoms with Gasteiger partial charge in [-0.05, 0) is 94.3 Å². The molecule has 0 aromatic rings. The van der Waals surface area contributed by atoms with Crippen molar-refractivity contribution in [1.82, 2.24) is 0 Å². The van der Waals surface area contributed by atoms with Crippen molar-refractivity contribution in [2.75, 3.05) is 33.5 Å². The maximum Gasteiger partial charge on any atom is 0.397 e. The van der Waals surface area contributed by atoms with E-state index in [2.05, 4.69) is 18.0 Å². The van der Waals surface area contributed by atoms with Crippen LogP contribution in [0.5, 0.6) is 0 Å². The van der Waals surface area contributed by atoms with E-state index in [1.54, 1.807) is 19.9 Å². The van der Waals surface area contributed by atoms with Gasteiger partial charge < -0.3 is 128 Å². The van der Waals surface area contributed by atoms with E-state index in [0.29, 0.717) is 44.9 Å². The summed E-state index contributed by atoms with van der Waals surface area (Å²) < 4.78 is 109. The zero-order valence-electron chi connectivity index (χ0n) is 52.9. The summed E-state index contributed by atoms with van der Waals surface area (Å²) in [7, 11) is -3.92. The lowest BCUT2D eigenvalue weighted by Crippen LogP contribution is -2.67. The molecule has 9 fully saturated rings. The number of hydrogen-bond acceptors (Lipinski definition) is 30. The van der Waals surface area contributed by atoms with E-state index in [1.165, 1.54) is 14.0 Å². The minimum atomic E-state index is -5.09. The molecule has 33 unspecified atom stereocenters. The van der Waals surface area contributed by atoms with Gasteiger partial charge in [-0.25, -0.2) is 4.18 Å². The van der Waals surface area contributed by atoms with E-state index in [-0.39, 0.29) is 17.8 Å². The molecule has 10 aliphatic rings. The number of methoxy groups -OCH3 is 1. The van der Waals surface area contributed by atoms with Crippen molar-refractivity contribution in [3.63, 3.8) is 0 Å². The van der Waals surface area contributed by atoms with Crippen LogP contribution in [0, 0.1) is 39.4 Å². The standard InChI is InChI=1S/C60H96O31S/c1-24-45(88-52-44(73)47(37(66)28(21-62)84-52)89-51-43(72)46(79-9)36(65)27(20-61)83-51)40(69)42(71)49(82-24)90-48-38(67)29(85-50-41(70)39(68)35(64)30(86-50)23-81-92(76,77)78)22-80-53(48)87-34-14-17-57(6)26-19-33(63)60-32(59(8,91-54(60)74)16-10-15-55(2,3)75)13-18-58(60,7)25(26)11-12-31(57)56(34,4)5/h10,15,19,24-25,27-53,61-73,75H,11-14,16-18,20-23H2,1-9H3,(H,76,77,78). The molecule has 6 aliphatic heterocycles. The van der Waals surface area contributed by atoms with Crippen LogP contribution < -0.4 is 0 Å². The molecule has 528 valence electrons. The number of aliphatic hydroxyl groups is 14. The van der Waals surface area contributed by atoms with Gasteiger partial charge in [0.2, 0.25) is 0 Å². The number of rotatable bonds is 19. The van der Waals surface area contributed by atoms with Gasteiger partial charge in [-0.15, -0.1) is 0 Å².